The van der Waals surface area contributed by atoms with Crippen molar-refractivity contribution in [3.8, 4) is 0 Å². The van der Waals surface area contributed by atoms with Gasteiger partial charge in [0.25, 0.3) is 0 Å². The highest BCUT2D eigenvalue weighted by molar-refractivity contribution is 6.02. The predicted molar refractivity (Wildman–Crippen MR) is 133 cm³/mol. The molecule has 36 heavy (non-hydrogen) atoms. The van der Waals surface area contributed by atoms with Crippen LogP contribution >= 0.6 is 0 Å². The van der Waals surface area contributed by atoms with E-state index in [-0.39, 0.29) is 24.7 Å². The molecule has 13 heteroatoms. The molecule has 1 aliphatic heterocycles. The van der Waals surface area contributed by atoms with E-state index in [2.05, 4.69) is 20.5 Å². The third kappa shape index (κ3) is 8.73. The maximum atomic E-state index is 12.7. The van der Waals surface area contributed by atoms with E-state index in [0.717, 1.165) is 13.0 Å². The van der Waals surface area contributed by atoms with Crippen LogP contribution in [0, 0.1) is 0 Å². The fraction of sp³-hybridized carbons (Fsp3) is 0.522. The Kier molecular flexibility index (Phi) is 10.9. The number of carbonyl (C=O) groups excluding carboxylic acids is 4. The van der Waals surface area contributed by atoms with Crippen molar-refractivity contribution in [2.45, 2.75) is 25.3 Å². The lowest BCUT2D eigenvalue weighted by atomic mass is 10.2. The van der Waals surface area contributed by atoms with Gasteiger partial charge in [0.1, 0.15) is 6.04 Å². The van der Waals surface area contributed by atoms with Crippen molar-refractivity contribution in [1.29, 1.82) is 0 Å². The Balaban J connectivity index is 1.85. The van der Waals surface area contributed by atoms with Crippen LogP contribution in [0.3, 0.4) is 0 Å². The predicted octanol–water partition coefficient (Wildman–Crippen LogP) is 0.295. The second-order valence-electron chi connectivity index (χ2n) is 8.52. The number of hydrogen-bond acceptors (Lipinski definition) is 8. The molecular weight excluding hydrogens is 470 g/mol. The van der Waals surface area contributed by atoms with E-state index in [1.807, 2.05) is 19.0 Å². The van der Waals surface area contributed by atoms with Gasteiger partial charge in [0.2, 0.25) is 5.91 Å². The molecule has 13 nitrogen and oxygen atoms in total. The lowest BCUT2D eigenvalue weighted by Crippen LogP contribution is -2.46. The van der Waals surface area contributed by atoms with Crippen molar-refractivity contribution in [1.82, 2.24) is 20.4 Å². The van der Waals surface area contributed by atoms with Gasteiger partial charge in [0.05, 0.1) is 13.5 Å². The molecule has 0 aliphatic carbocycles. The van der Waals surface area contributed by atoms with Crippen LogP contribution < -0.4 is 21.3 Å². The number of carbonyl (C=O) groups is 4. The van der Waals surface area contributed by atoms with Gasteiger partial charge in [-0.05, 0) is 57.7 Å². The van der Waals surface area contributed by atoms with Crippen molar-refractivity contribution in [2.24, 2.45) is 10.9 Å². The Morgan fingerprint density at radius 2 is 1.86 bits per heavy atom. The zero-order valence-electron chi connectivity index (χ0n) is 21.2. The van der Waals surface area contributed by atoms with Crippen LogP contribution in [0.2, 0.25) is 0 Å². The molecule has 1 unspecified atom stereocenters. The average molecular weight is 506 g/mol. The highest BCUT2D eigenvalue weighted by Crippen LogP contribution is 2.22. The number of amides is 4. The smallest absolute Gasteiger partial charge is 0.435 e. The molecule has 2 rings (SSSR count). The molecule has 1 heterocycles. The molecule has 1 aromatic rings. The number of anilines is 1. The van der Waals surface area contributed by atoms with E-state index < -0.39 is 24.1 Å². The van der Waals surface area contributed by atoms with Crippen molar-refractivity contribution < 1.29 is 28.8 Å². The zero-order chi connectivity index (χ0) is 26.7. The molecule has 0 radical (unpaired) electrons. The van der Waals surface area contributed by atoms with Gasteiger partial charge >= 0.3 is 18.1 Å². The number of nitrogens with two attached hydrogens (primary N) is 1. The van der Waals surface area contributed by atoms with E-state index >= 15 is 0 Å². The van der Waals surface area contributed by atoms with Gasteiger partial charge in [-0.2, -0.15) is 0 Å². The fourth-order valence-electron chi connectivity index (χ4n) is 3.40. The van der Waals surface area contributed by atoms with Gasteiger partial charge in [-0.1, -0.05) is 5.16 Å². The van der Waals surface area contributed by atoms with Crippen LogP contribution in [0.4, 0.5) is 15.3 Å². The minimum Gasteiger partial charge on any atom is -0.469 e. The summed E-state index contributed by atoms with van der Waals surface area (Å²) in [4.78, 5) is 57.8. The number of benzene rings is 1. The van der Waals surface area contributed by atoms with E-state index in [4.69, 9.17) is 10.6 Å². The second kappa shape index (κ2) is 13.9. The number of rotatable bonds is 11. The summed E-state index contributed by atoms with van der Waals surface area (Å²) in [5, 5.41) is 8.85. The molecule has 1 atom stereocenters. The summed E-state index contributed by atoms with van der Waals surface area (Å²) in [6.45, 7) is 1.90. The second-order valence-corrected chi connectivity index (χ2v) is 8.52. The van der Waals surface area contributed by atoms with E-state index in [9.17, 15) is 19.2 Å². The largest absolute Gasteiger partial charge is 0.469 e. The van der Waals surface area contributed by atoms with Crippen molar-refractivity contribution >= 4 is 35.5 Å². The molecule has 0 bridgehead atoms. The number of oxime groups is 1. The van der Waals surface area contributed by atoms with Crippen molar-refractivity contribution in [3.63, 3.8) is 0 Å². The molecule has 4 amide bonds. The maximum absolute atomic E-state index is 12.7. The zero-order valence-corrected chi connectivity index (χ0v) is 21.2. The molecular formula is C23H35N7O6. The van der Waals surface area contributed by atoms with Gasteiger partial charge in [0, 0.05) is 37.9 Å². The first kappa shape index (κ1) is 28.4. The summed E-state index contributed by atoms with van der Waals surface area (Å²) in [6, 6.07) is 5.51. The Morgan fingerprint density at radius 3 is 2.50 bits per heavy atom. The molecule has 1 saturated heterocycles. The van der Waals surface area contributed by atoms with Gasteiger partial charge in [0.15, 0.2) is 5.84 Å². The lowest BCUT2D eigenvalue weighted by Gasteiger charge is -2.18. The third-order valence-electron chi connectivity index (χ3n) is 5.46. The van der Waals surface area contributed by atoms with E-state index in [0.29, 0.717) is 30.8 Å². The number of nitrogens with zero attached hydrogens (tertiary/aromatic N) is 4. The summed E-state index contributed by atoms with van der Waals surface area (Å²) in [7, 11) is 6.81. The standard InChI is InChI=1S/C23H35N7O6/c1-28(2)13-5-14-29(3)23(34)36-27-20(24)16-6-8-17(9-7-16)30-15-11-18(21(30)32)26-22(33)25-12-10-19(31)35-4/h6-9,18H,5,10-15H2,1-4H3,(H2,24,27)(H2,25,26,33). The molecule has 0 spiro atoms. The van der Waals surface area contributed by atoms with Gasteiger partial charge < -0.3 is 35.8 Å². The molecule has 0 aromatic heterocycles. The van der Waals surface area contributed by atoms with Crippen LogP contribution in [0.15, 0.2) is 29.4 Å². The summed E-state index contributed by atoms with van der Waals surface area (Å²) in [5.74, 6) is -0.667. The van der Waals surface area contributed by atoms with Crippen LogP contribution in [-0.4, -0.2) is 100 Å². The topological polar surface area (TPSA) is 159 Å². The number of methoxy groups -OCH3 is 1. The number of esters is 1. The fourth-order valence-corrected chi connectivity index (χ4v) is 3.40. The Morgan fingerprint density at radius 1 is 1.17 bits per heavy atom. The Labute approximate surface area is 210 Å². The number of hydrogen-bond donors (Lipinski definition) is 3. The van der Waals surface area contributed by atoms with Crippen molar-refractivity contribution in [2.75, 3.05) is 59.3 Å². The molecule has 1 fully saturated rings. The summed E-state index contributed by atoms with van der Waals surface area (Å²) < 4.78 is 4.51. The molecule has 4 N–H and O–H groups in total. The monoisotopic (exact) mass is 505 g/mol. The van der Waals surface area contributed by atoms with E-state index in [1.54, 1.807) is 36.2 Å². The summed E-state index contributed by atoms with van der Waals surface area (Å²) in [5.41, 5.74) is 7.09. The number of urea groups is 1. The Hall–Kier alpha value is -3.87. The van der Waals surface area contributed by atoms with Crippen LogP contribution in [0.1, 0.15) is 24.8 Å². The first-order chi connectivity index (χ1) is 17.1. The van der Waals surface area contributed by atoms with Crippen LogP contribution in [0.25, 0.3) is 0 Å². The maximum Gasteiger partial charge on any atom is 0.435 e. The minimum absolute atomic E-state index is 0.0208. The first-order valence-corrected chi connectivity index (χ1v) is 11.6. The van der Waals surface area contributed by atoms with Crippen LogP contribution in [-0.2, 0) is 19.2 Å². The number of amidine groups is 1. The first-order valence-electron chi connectivity index (χ1n) is 11.6. The van der Waals surface area contributed by atoms with Gasteiger partial charge in [-0.3, -0.25) is 14.4 Å². The normalized spacial score (nSPS) is 15.6. The number of nitrogens with one attached hydrogen (secondary N) is 2. The molecule has 0 saturated carbocycles. The Bertz CT molecular complexity index is 951. The average Bonchev–Trinajstić information content (AvgIpc) is 3.21. The minimum atomic E-state index is -0.677. The van der Waals surface area contributed by atoms with E-state index in [1.165, 1.54) is 12.0 Å². The highest BCUT2D eigenvalue weighted by Gasteiger charge is 2.33. The van der Waals surface area contributed by atoms with Gasteiger partial charge in [-0.15, -0.1) is 0 Å². The number of ether oxygens (including phenoxy) is 1. The lowest BCUT2D eigenvalue weighted by molar-refractivity contribution is -0.140. The van der Waals surface area contributed by atoms with Gasteiger partial charge in [-0.25, -0.2) is 9.59 Å². The van der Waals surface area contributed by atoms with Crippen LogP contribution in [0.5, 0.6) is 0 Å². The molecule has 1 aromatic carbocycles. The molecule has 1 aliphatic rings. The summed E-state index contributed by atoms with van der Waals surface area (Å²) >= 11 is 0. The molecule has 198 valence electrons. The highest BCUT2D eigenvalue weighted by atomic mass is 16.7. The third-order valence-corrected chi connectivity index (χ3v) is 5.46. The van der Waals surface area contributed by atoms with Crippen molar-refractivity contribution in [3.05, 3.63) is 29.8 Å². The SMILES string of the molecule is COC(=O)CCNC(=O)NC1CCN(c2ccc(C(N)=NOC(=O)N(C)CCCN(C)C)cc2)C1=O. The quantitative estimate of drug-likeness (QED) is 0.127. The summed E-state index contributed by atoms with van der Waals surface area (Å²) in [6.07, 6.45) is 0.668.